The van der Waals surface area contributed by atoms with Gasteiger partial charge in [0, 0.05) is 10.8 Å². The molecule has 0 aliphatic carbocycles. The topological polar surface area (TPSA) is 47.1 Å². The van der Waals surface area contributed by atoms with Crippen molar-refractivity contribution >= 4 is 23.5 Å². The summed E-state index contributed by atoms with van der Waals surface area (Å²) in [6.45, 7) is 9.68. The Bertz CT molecular complexity index is 665. The molecule has 1 aromatic heterocycles. The van der Waals surface area contributed by atoms with Gasteiger partial charge in [0.25, 0.3) is 0 Å². The lowest BCUT2D eigenvalue weighted by Gasteiger charge is -2.32. The predicted molar refractivity (Wildman–Crippen MR) is 76.5 cm³/mol. The predicted octanol–water partition coefficient (Wildman–Crippen LogP) is 2.31. The Balaban J connectivity index is 2.07. The highest BCUT2D eigenvalue weighted by atomic mass is 19.1. The van der Waals surface area contributed by atoms with Crippen LogP contribution in [0.25, 0.3) is 10.9 Å². The second kappa shape index (κ2) is 4.05. The fourth-order valence-corrected chi connectivity index (χ4v) is 2.34. The number of benzene rings is 1. The van der Waals surface area contributed by atoms with Gasteiger partial charge >= 0.3 is 7.12 Å². The standard InChI is InChI=1S/C14H18BFN2O2/c1-8-9-6-10(11(16)7-12(9)18-17-8)15-19-13(2,3)14(4,5)20-15/h6-7H,1-5H3,(H,17,18). The Labute approximate surface area is 117 Å². The zero-order chi connectivity index (χ0) is 14.7. The van der Waals surface area contributed by atoms with E-state index in [0.29, 0.717) is 11.0 Å². The molecule has 1 saturated heterocycles. The van der Waals surface area contributed by atoms with Gasteiger partial charge in [0.15, 0.2) is 0 Å². The largest absolute Gasteiger partial charge is 0.497 e. The highest BCUT2D eigenvalue weighted by Gasteiger charge is 2.52. The molecule has 20 heavy (non-hydrogen) atoms. The molecule has 1 aliphatic heterocycles. The highest BCUT2D eigenvalue weighted by molar-refractivity contribution is 6.62. The van der Waals surface area contributed by atoms with Crippen LogP contribution >= 0.6 is 0 Å². The molecule has 1 N–H and O–H groups in total. The molecule has 0 amide bonds. The van der Waals surface area contributed by atoms with Gasteiger partial charge < -0.3 is 9.31 Å². The van der Waals surface area contributed by atoms with Gasteiger partial charge in [0.2, 0.25) is 0 Å². The van der Waals surface area contributed by atoms with Gasteiger partial charge in [-0.2, -0.15) is 5.10 Å². The maximum Gasteiger partial charge on any atom is 0.497 e. The van der Waals surface area contributed by atoms with Crippen LogP contribution in [-0.2, 0) is 9.31 Å². The molecule has 0 unspecified atom stereocenters. The van der Waals surface area contributed by atoms with E-state index in [1.165, 1.54) is 6.07 Å². The van der Waals surface area contributed by atoms with E-state index in [1.807, 2.05) is 34.6 Å². The summed E-state index contributed by atoms with van der Waals surface area (Å²) in [6, 6.07) is 3.20. The van der Waals surface area contributed by atoms with Crippen LogP contribution in [0.3, 0.4) is 0 Å². The molecule has 0 radical (unpaired) electrons. The first kappa shape index (κ1) is 13.6. The number of fused-ring (bicyclic) bond motifs is 1. The van der Waals surface area contributed by atoms with Crippen LogP contribution in [0.1, 0.15) is 33.4 Å². The van der Waals surface area contributed by atoms with Gasteiger partial charge in [-0.1, -0.05) is 0 Å². The monoisotopic (exact) mass is 276 g/mol. The van der Waals surface area contributed by atoms with Gasteiger partial charge in [0.05, 0.1) is 22.4 Å². The number of halogens is 1. The SMILES string of the molecule is Cc1n[nH]c2cc(F)c(B3OC(C)(C)C(C)(C)O3)cc12. The van der Waals surface area contributed by atoms with Crippen molar-refractivity contribution in [1.29, 1.82) is 0 Å². The minimum Gasteiger partial charge on any atom is -0.399 e. The number of hydrogen-bond acceptors (Lipinski definition) is 3. The maximum atomic E-state index is 14.3. The second-order valence-corrected chi connectivity index (χ2v) is 6.32. The van der Waals surface area contributed by atoms with Crippen LogP contribution in [0.5, 0.6) is 0 Å². The zero-order valence-electron chi connectivity index (χ0n) is 12.4. The van der Waals surface area contributed by atoms with Crippen molar-refractivity contribution < 1.29 is 13.7 Å². The third-order valence-corrected chi connectivity index (χ3v) is 4.38. The van der Waals surface area contributed by atoms with E-state index in [1.54, 1.807) is 6.07 Å². The molecule has 106 valence electrons. The van der Waals surface area contributed by atoms with Crippen LogP contribution in [0, 0.1) is 12.7 Å². The lowest BCUT2D eigenvalue weighted by atomic mass is 9.78. The number of aromatic nitrogens is 2. The Kier molecular flexibility index (Phi) is 2.75. The summed E-state index contributed by atoms with van der Waals surface area (Å²) in [6.07, 6.45) is 0. The van der Waals surface area contributed by atoms with Crippen LogP contribution < -0.4 is 5.46 Å². The molecule has 6 heteroatoms. The quantitative estimate of drug-likeness (QED) is 0.813. The normalized spacial score (nSPS) is 20.8. The second-order valence-electron chi connectivity index (χ2n) is 6.32. The van der Waals surface area contributed by atoms with Crippen molar-refractivity contribution in [3.8, 4) is 0 Å². The zero-order valence-corrected chi connectivity index (χ0v) is 12.4. The number of rotatable bonds is 1. The Morgan fingerprint density at radius 2 is 1.75 bits per heavy atom. The molecule has 4 nitrogen and oxygen atoms in total. The third-order valence-electron chi connectivity index (χ3n) is 4.38. The summed E-state index contributed by atoms with van der Waals surface area (Å²) in [5.41, 5.74) is 0.966. The molecule has 1 fully saturated rings. The van der Waals surface area contributed by atoms with Gasteiger partial charge in [0.1, 0.15) is 5.82 Å². The highest BCUT2D eigenvalue weighted by Crippen LogP contribution is 2.36. The molecular formula is C14H18BFN2O2. The fourth-order valence-electron chi connectivity index (χ4n) is 2.34. The average Bonchev–Trinajstić information content (AvgIpc) is 2.77. The minimum atomic E-state index is -0.696. The number of nitrogens with one attached hydrogen (secondary N) is 1. The van der Waals surface area contributed by atoms with Crippen LogP contribution in [0.4, 0.5) is 4.39 Å². The summed E-state index contributed by atoms with van der Waals surface area (Å²) >= 11 is 0. The third kappa shape index (κ3) is 1.86. The van der Waals surface area contributed by atoms with E-state index in [4.69, 9.17) is 9.31 Å². The first-order valence-electron chi connectivity index (χ1n) is 6.71. The maximum absolute atomic E-state index is 14.3. The van der Waals surface area contributed by atoms with Crippen molar-refractivity contribution in [2.75, 3.05) is 0 Å². The number of hydrogen-bond donors (Lipinski definition) is 1. The van der Waals surface area contributed by atoms with Crippen molar-refractivity contribution in [1.82, 2.24) is 10.2 Å². The van der Waals surface area contributed by atoms with Gasteiger partial charge in [-0.15, -0.1) is 0 Å². The first-order valence-corrected chi connectivity index (χ1v) is 6.71. The van der Waals surface area contributed by atoms with E-state index in [9.17, 15) is 4.39 Å². The molecule has 2 aromatic rings. The minimum absolute atomic E-state index is 0.348. The Hall–Kier alpha value is -1.40. The van der Waals surface area contributed by atoms with Gasteiger partial charge in [-0.3, -0.25) is 5.10 Å². The molecule has 1 aromatic carbocycles. The first-order chi connectivity index (χ1) is 9.21. The van der Waals surface area contributed by atoms with Crippen LogP contribution in [0.2, 0.25) is 0 Å². The summed E-state index contributed by atoms with van der Waals surface area (Å²) in [4.78, 5) is 0. The average molecular weight is 276 g/mol. The molecule has 0 saturated carbocycles. The van der Waals surface area contributed by atoms with Gasteiger partial charge in [-0.05, 0) is 46.8 Å². The molecule has 0 bridgehead atoms. The van der Waals surface area contributed by atoms with Crippen molar-refractivity contribution in [2.24, 2.45) is 0 Å². The number of H-pyrrole nitrogens is 1. The van der Waals surface area contributed by atoms with Crippen molar-refractivity contribution in [3.63, 3.8) is 0 Å². The van der Waals surface area contributed by atoms with E-state index in [0.717, 1.165) is 11.1 Å². The fraction of sp³-hybridized carbons (Fsp3) is 0.500. The molecule has 2 heterocycles. The van der Waals surface area contributed by atoms with Gasteiger partial charge in [-0.25, -0.2) is 4.39 Å². The summed E-state index contributed by atoms with van der Waals surface area (Å²) in [7, 11) is -0.696. The van der Waals surface area contributed by atoms with E-state index < -0.39 is 18.3 Å². The molecule has 1 aliphatic rings. The summed E-state index contributed by atoms with van der Waals surface area (Å²) in [5.74, 6) is -0.348. The Morgan fingerprint density at radius 3 is 2.35 bits per heavy atom. The number of aromatic amines is 1. The van der Waals surface area contributed by atoms with Crippen molar-refractivity contribution in [2.45, 2.75) is 45.8 Å². The van der Waals surface area contributed by atoms with Crippen LogP contribution in [-0.4, -0.2) is 28.5 Å². The molecule has 0 atom stereocenters. The van der Waals surface area contributed by atoms with Crippen LogP contribution in [0.15, 0.2) is 12.1 Å². The Morgan fingerprint density at radius 1 is 1.15 bits per heavy atom. The smallest absolute Gasteiger partial charge is 0.399 e. The lowest BCUT2D eigenvalue weighted by molar-refractivity contribution is 0.00578. The number of nitrogens with zero attached hydrogens (tertiary/aromatic N) is 1. The van der Waals surface area contributed by atoms with E-state index in [2.05, 4.69) is 10.2 Å². The van der Waals surface area contributed by atoms with E-state index >= 15 is 0 Å². The molecular weight excluding hydrogens is 258 g/mol. The number of aryl methyl sites for hydroxylation is 1. The van der Waals surface area contributed by atoms with Crippen molar-refractivity contribution in [3.05, 3.63) is 23.6 Å². The molecule has 3 rings (SSSR count). The molecule has 0 spiro atoms. The lowest BCUT2D eigenvalue weighted by Crippen LogP contribution is -2.41. The van der Waals surface area contributed by atoms with E-state index in [-0.39, 0.29) is 5.82 Å². The summed E-state index contributed by atoms with van der Waals surface area (Å²) in [5, 5.41) is 7.78. The summed E-state index contributed by atoms with van der Waals surface area (Å²) < 4.78 is 26.1.